The van der Waals surface area contributed by atoms with Crippen LogP contribution in [-0.4, -0.2) is 28.5 Å². The Hall–Kier alpha value is -1.57. The Bertz CT molecular complexity index is 830. The van der Waals surface area contributed by atoms with Crippen molar-refractivity contribution in [1.29, 1.82) is 0 Å². The second-order valence-corrected chi connectivity index (χ2v) is 7.12. The average molecular weight is 355 g/mol. The van der Waals surface area contributed by atoms with E-state index in [-0.39, 0.29) is 5.97 Å². The number of rotatable bonds is 4. The molecule has 1 aromatic carbocycles. The highest BCUT2D eigenvalue weighted by Gasteiger charge is 2.21. The maximum absolute atomic E-state index is 11.4. The molecule has 0 spiro atoms. The van der Waals surface area contributed by atoms with E-state index in [0.29, 0.717) is 16.1 Å². The van der Waals surface area contributed by atoms with Gasteiger partial charge in [-0.25, -0.2) is 0 Å². The van der Waals surface area contributed by atoms with Crippen LogP contribution in [0.4, 0.5) is 0 Å². The van der Waals surface area contributed by atoms with Crippen molar-refractivity contribution in [3.05, 3.63) is 29.3 Å². The number of thioether (sulfide) groups is 1. The molecule has 0 aliphatic rings. The maximum atomic E-state index is 11.4. The molecule has 3 aromatic rings. The molecule has 0 radical (unpaired) electrons. The Labute approximate surface area is 139 Å². The predicted molar refractivity (Wildman–Crippen MR) is 87.5 cm³/mol. The molecule has 0 saturated heterocycles. The zero-order valence-corrected chi connectivity index (χ0v) is 14.1. The summed E-state index contributed by atoms with van der Waals surface area (Å²) in [4.78, 5) is 12.1. The van der Waals surface area contributed by atoms with Gasteiger partial charge in [0.25, 0.3) is 11.1 Å². The van der Waals surface area contributed by atoms with Gasteiger partial charge >= 0.3 is 5.97 Å². The third kappa shape index (κ3) is 2.84. The molecular formula is C14H11ClN2O3S2. The molecule has 0 aliphatic heterocycles. The Morgan fingerprint density at radius 1 is 1.41 bits per heavy atom. The average Bonchev–Trinajstić information content (AvgIpc) is 3.11. The van der Waals surface area contributed by atoms with Gasteiger partial charge in [0.05, 0.1) is 12.1 Å². The molecule has 0 bridgehead atoms. The van der Waals surface area contributed by atoms with E-state index in [2.05, 4.69) is 14.9 Å². The topological polar surface area (TPSA) is 65.2 Å². The third-order valence-corrected chi connectivity index (χ3v) is 5.52. The van der Waals surface area contributed by atoms with Crippen LogP contribution in [0.15, 0.2) is 33.9 Å². The SMILES string of the molecule is COC(=O)[C@@H](C)Sc1nnc(-c2sc3ccccc3c2Cl)o1. The van der Waals surface area contributed by atoms with Gasteiger partial charge in [0.2, 0.25) is 0 Å². The minimum atomic E-state index is -0.420. The molecule has 1 atom stereocenters. The molecule has 0 saturated carbocycles. The molecule has 5 nitrogen and oxygen atoms in total. The van der Waals surface area contributed by atoms with Gasteiger partial charge in [-0.1, -0.05) is 41.6 Å². The number of carbonyl (C=O) groups is 1. The van der Waals surface area contributed by atoms with Gasteiger partial charge in [0.1, 0.15) is 10.1 Å². The van der Waals surface area contributed by atoms with E-state index in [1.807, 2.05) is 24.3 Å². The number of nitrogens with zero attached hydrogens (tertiary/aromatic N) is 2. The lowest BCUT2D eigenvalue weighted by atomic mass is 10.2. The van der Waals surface area contributed by atoms with Crippen LogP contribution in [0.5, 0.6) is 0 Å². The molecule has 8 heteroatoms. The Morgan fingerprint density at radius 2 is 2.18 bits per heavy atom. The summed E-state index contributed by atoms with van der Waals surface area (Å²) >= 11 is 9.02. The highest BCUT2D eigenvalue weighted by Crippen LogP contribution is 2.41. The molecule has 0 amide bonds. The van der Waals surface area contributed by atoms with Crippen LogP contribution in [0.3, 0.4) is 0 Å². The van der Waals surface area contributed by atoms with Gasteiger partial charge in [0.15, 0.2) is 0 Å². The van der Waals surface area contributed by atoms with Gasteiger partial charge < -0.3 is 9.15 Å². The number of esters is 1. The number of halogens is 1. The van der Waals surface area contributed by atoms with E-state index in [0.717, 1.165) is 26.7 Å². The lowest BCUT2D eigenvalue weighted by Crippen LogP contribution is -2.14. The van der Waals surface area contributed by atoms with Crippen LogP contribution in [0.2, 0.25) is 5.02 Å². The molecule has 2 aromatic heterocycles. The molecule has 114 valence electrons. The van der Waals surface area contributed by atoms with Crippen molar-refractivity contribution in [3.8, 4) is 10.8 Å². The fourth-order valence-corrected chi connectivity index (χ4v) is 4.01. The molecule has 0 aliphatic carbocycles. The number of hydrogen-bond acceptors (Lipinski definition) is 7. The molecule has 0 unspecified atom stereocenters. The van der Waals surface area contributed by atoms with Crippen LogP contribution >= 0.6 is 34.7 Å². The smallest absolute Gasteiger partial charge is 0.319 e. The van der Waals surface area contributed by atoms with Gasteiger partial charge in [-0.3, -0.25) is 4.79 Å². The van der Waals surface area contributed by atoms with Gasteiger partial charge in [-0.2, -0.15) is 0 Å². The first kappa shape index (κ1) is 15.3. The normalized spacial score (nSPS) is 12.5. The van der Waals surface area contributed by atoms with Crippen LogP contribution < -0.4 is 0 Å². The molecule has 0 fully saturated rings. The predicted octanol–water partition coefficient (Wildman–Crippen LogP) is 4.26. The van der Waals surface area contributed by atoms with Crippen molar-refractivity contribution >= 4 is 50.8 Å². The van der Waals surface area contributed by atoms with E-state index in [1.54, 1.807) is 6.92 Å². The summed E-state index contributed by atoms with van der Waals surface area (Å²) in [7, 11) is 1.34. The van der Waals surface area contributed by atoms with Gasteiger partial charge in [0, 0.05) is 10.1 Å². The number of hydrogen-bond donors (Lipinski definition) is 0. The number of thiophene rings is 1. The van der Waals surface area contributed by atoms with E-state index >= 15 is 0 Å². The summed E-state index contributed by atoms with van der Waals surface area (Å²) in [6.07, 6.45) is 0. The number of carbonyl (C=O) groups excluding carboxylic acids is 1. The molecule has 0 N–H and O–H groups in total. The Balaban J connectivity index is 1.89. The summed E-state index contributed by atoms with van der Waals surface area (Å²) in [6.45, 7) is 1.72. The quantitative estimate of drug-likeness (QED) is 0.515. The van der Waals surface area contributed by atoms with Gasteiger partial charge in [-0.05, 0) is 13.0 Å². The number of ether oxygens (including phenoxy) is 1. The first-order chi connectivity index (χ1) is 10.6. The van der Waals surface area contributed by atoms with Crippen molar-refractivity contribution in [2.45, 2.75) is 17.4 Å². The highest BCUT2D eigenvalue weighted by molar-refractivity contribution is 8.00. The second-order valence-electron chi connectivity index (χ2n) is 4.40. The number of benzene rings is 1. The zero-order chi connectivity index (χ0) is 15.7. The summed E-state index contributed by atoms with van der Waals surface area (Å²) in [5.41, 5.74) is 0. The largest absolute Gasteiger partial charge is 0.468 e. The maximum Gasteiger partial charge on any atom is 0.319 e. The van der Waals surface area contributed by atoms with Crippen LogP contribution in [-0.2, 0) is 9.53 Å². The fraction of sp³-hybridized carbons (Fsp3) is 0.214. The minimum absolute atomic E-state index is 0.307. The lowest BCUT2D eigenvalue weighted by molar-refractivity contribution is -0.139. The lowest BCUT2D eigenvalue weighted by Gasteiger charge is -2.04. The van der Waals surface area contributed by atoms with Gasteiger partial charge in [-0.15, -0.1) is 21.5 Å². The Morgan fingerprint density at radius 3 is 2.91 bits per heavy atom. The van der Waals surface area contributed by atoms with E-state index in [1.165, 1.54) is 18.4 Å². The number of methoxy groups -OCH3 is 1. The summed E-state index contributed by atoms with van der Waals surface area (Å²) in [5.74, 6) is 0.00964. The van der Waals surface area contributed by atoms with E-state index < -0.39 is 5.25 Å². The fourth-order valence-electron chi connectivity index (χ4n) is 1.87. The first-order valence-corrected chi connectivity index (χ1v) is 8.43. The van der Waals surface area contributed by atoms with Crippen molar-refractivity contribution < 1.29 is 13.9 Å². The molecule has 22 heavy (non-hydrogen) atoms. The summed E-state index contributed by atoms with van der Waals surface area (Å²) in [6, 6.07) is 7.81. The van der Waals surface area contributed by atoms with Crippen LogP contribution in [0.1, 0.15) is 6.92 Å². The van der Waals surface area contributed by atoms with Crippen LogP contribution in [0, 0.1) is 0 Å². The molecule has 3 rings (SSSR count). The monoisotopic (exact) mass is 354 g/mol. The zero-order valence-electron chi connectivity index (χ0n) is 11.7. The number of fused-ring (bicyclic) bond motifs is 1. The minimum Gasteiger partial charge on any atom is -0.468 e. The third-order valence-electron chi connectivity index (χ3n) is 2.95. The van der Waals surface area contributed by atoms with E-state index in [9.17, 15) is 4.79 Å². The van der Waals surface area contributed by atoms with Crippen molar-refractivity contribution in [1.82, 2.24) is 10.2 Å². The summed E-state index contributed by atoms with van der Waals surface area (Å²) < 4.78 is 11.3. The highest BCUT2D eigenvalue weighted by atomic mass is 35.5. The number of aromatic nitrogens is 2. The van der Waals surface area contributed by atoms with E-state index in [4.69, 9.17) is 16.0 Å². The molecule has 2 heterocycles. The first-order valence-electron chi connectivity index (χ1n) is 6.35. The van der Waals surface area contributed by atoms with Crippen LogP contribution in [0.25, 0.3) is 20.9 Å². The van der Waals surface area contributed by atoms with Crippen molar-refractivity contribution in [2.75, 3.05) is 7.11 Å². The Kier molecular flexibility index (Phi) is 4.37. The van der Waals surface area contributed by atoms with Crippen molar-refractivity contribution in [3.63, 3.8) is 0 Å². The second kappa shape index (κ2) is 6.28. The summed E-state index contributed by atoms with van der Waals surface area (Å²) in [5, 5.41) is 9.41. The molecular weight excluding hydrogens is 344 g/mol. The van der Waals surface area contributed by atoms with Crippen molar-refractivity contribution in [2.24, 2.45) is 0 Å². The standard InChI is InChI=1S/C14H11ClN2O3S2/c1-7(13(18)19-2)21-14-17-16-12(20-14)11-10(15)8-5-3-4-6-9(8)22-11/h3-7H,1-2H3/t7-/m1/s1.